The Morgan fingerprint density at radius 3 is 2.58 bits per heavy atom. The molecule has 0 saturated carbocycles. The van der Waals surface area contributed by atoms with Crippen LogP contribution in [0.15, 0.2) is 61.1 Å². The molecule has 0 bridgehead atoms. The minimum absolute atomic E-state index is 0.192. The minimum atomic E-state index is 0.192. The summed E-state index contributed by atoms with van der Waals surface area (Å²) in [6, 6.07) is 14.1. The molecule has 1 amide bonds. The monoisotopic (exact) mass is 429 g/mol. The van der Waals surface area contributed by atoms with Crippen LogP contribution >= 0.6 is 11.6 Å². The first kappa shape index (κ1) is 20.0. The Labute approximate surface area is 187 Å². The third kappa shape index (κ3) is 4.13. The summed E-state index contributed by atoms with van der Waals surface area (Å²) in [5.74, 6) is 0.826. The number of amides is 1. The normalized spacial score (nSPS) is 18.2. The lowest BCUT2D eigenvalue weighted by Crippen LogP contribution is -2.40. The molecule has 1 aromatic carbocycles. The summed E-state index contributed by atoms with van der Waals surface area (Å²) in [5, 5.41) is 0.748. The lowest BCUT2D eigenvalue weighted by atomic mass is 9.76. The molecule has 0 spiro atoms. The maximum absolute atomic E-state index is 12.8. The SMILES string of the molecule is O=C(Cc1ccncc1)N1CCC(C2c3ccc(Cl)cc3C=Cc3cccnc32)CC1. The number of hydrogen-bond acceptors (Lipinski definition) is 3. The third-order valence-electron chi connectivity index (χ3n) is 6.46. The zero-order valence-corrected chi connectivity index (χ0v) is 18.0. The summed E-state index contributed by atoms with van der Waals surface area (Å²) in [4.78, 5) is 23.6. The molecular weight excluding hydrogens is 406 g/mol. The van der Waals surface area contributed by atoms with Gasteiger partial charge in [-0.3, -0.25) is 14.8 Å². The summed E-state index contributed by atoms with van der Waals surface area (Å²) in [6.07, 6.45) is 12.0. The number of hydrogen-bond donors (Lipinski definition) is 0. The largest absolute Gasteiger partial charge is 0.342 e. The fourth-order valence-electron chi connectivity index (χ4n) is 4.88. The minimum Gasteiger partial charge on any atom is -0.342 e. The fraction of sp³-hybridized carbons (Fsp3) is 0.269. The number of aromatic nitrogens is 2. The lowest BCUT2D eigenvalue weighted by molar-refractivity contribution is -0.131. The highest BCUT2D eigenvalue weighted by Crippen LogP contribution is 2.42. The molecule has 0 N–H and O–H groups in total. The highest BCUT2D eigenvalue weighted by Gasteiger charge is 2.34. The van der Waals surface area contributed by atoms with Crippen molar-refractivity contribution >= 4 is 29.7 Å². The standard InChI is InChI=1S/C26H24ClN3O/c27-22-5-6-23-21(17-22)4-3-20-2-1-11-29-26(20)25(23)19-9-14-30(15-10-19)24(31)16-18-7-12-28-13-8-18/h1-8,11-13,17,19,25H,9-10,14-16H2. The number of fused-ring (bicyclic) bond motifs is 2. The maximum Gasteiger partial charge on any atom is 0.226 e. The molecule has 5 heteroatoms. The lowest BCUT2D eigenvalue weighted by Gasteiger charge is -2.37. The van der Waals surface area contributed by atoms with E-state index in [2.05, 4.69) is 29.3 Å². The summed E-state index contributed by atoms with van der Waals surface area (Å²) < 4.78 is 0. The van der Waals surface area contributed by atoms with E-state index < -0.39 is 0 Å². The van der Waals surface area contributed by atoms with E-state index in [9.17, 15) is 4.79 Å². The maximum atomic E-state index is 12.8. The smallest absolute Gasteiger partial charge is 0.226 e. The van der Waals surface area contributed by atoms with Gasteiger partial charge in [-0.05, 0) is 71.3 Å². The Morgan fingerprint density at radius 2 is 1.77 bits per heavy atom. The van der Waals surface area contributed by atoms with Crippen molar-refractivity contribution in [2.24, 2.45) is 5.92 Å². The van der Waals surface area contributed by atoms with Crippen LogP contribution in [0.25, 0.3) is 12.2 Å². The Bertz CT molecular complexity index is 1120. The van der Waals surface area contributed by atoms with Crippen molar-refractivity contribution in [2.75, 3.05) is 13.1 Å². The van der Waals surface area contributed by atoms with Crippen LogP contribution in [0.4, 0.5) is 0 Å². The van der Waals surface area contributed by atoms with Crippen LogP contribution in [0, 0.1) is 5.92 Å². The van der Waals surface area contributed by atoms with E-state index in [4.69, 9.17) is 16.6 Å². The van der Waals surface area contributed by atoms with Crippen LogP contribution in [-0.4, -0.2) is 33.9 Å². The zero-order chi connectivity index (χ0) is 21.2. The van der Waals surface area contributed by atoms with Crippen LogP contribution in [0.2, 0.25) is 5.02 Å². The van der Waals surface area contributed by atoms with Crippen molar-refractivity contribution in [1.82, 2.24) is 14.9 Å². The second-order valence-corrected chi connectivity index (χ2v) is 8.75. The van der Waals surface area contributed by atoms with E-state index in [-0.39, 0.29) is 11.8 Å². The number of carbonyl (C=O) groups is 1. The van der Waals surface area contributed by atoms with E-state index in [1.807, 2.05) is 41.4 Å². The van der Waals surface area contributed by atoms with Gasteiger partial charge in [0, 0.05) is 42.6 Å². The summed E-state index contributed by atoms with van der Waals surface area (Å²) in [5.41, 5.74) is 5.74. The van der Waals surface area contributed by atoms with Gasteiger partial charge in [0.25, 0.3) is 0 Å². The van der Waals surface area contributed by atoms with Crippen molar-refractivity contribution in [3.63, 3.8) is 0 Å². The van der Waals surface area contributed by atoms with Crippen molar-refractivity contribution in [1.29, 1.82) is 0 Å². The van der Waals surface area contributed by atoms with Gasteiger partial charge < -0.3 is 4.90 Å². The molecule has 3 aromatic rings. The highest BCUT2D eigenvalue weighted by atomic mass is 35.5. The molecule has 0 radical (unpaired) electrons. The third-order valence-corrected chi connectivity index (χ3v) is 6.70. The summed E-state index contributed by atoms with van der Waals surface area (Å²) in [6.45, 7) is 1.56. The molecule has 4 nitrogen and oxygen atoms in total. The van der Waals surface area contributed by atoms with E-state index in [1.54, 1.807) is 12.4 Å². The van der Waals surface area contributed by atoms with Crippen molar-refractivity contribution in [3.05, 3.63) is 94.0 Å². The number of halogens is 1. The van der Waals surface area contributed by atoms with E-state index >= 15 is 0 Å². The van der Waals surface area contributed by atoms with Gasteiger partial charge in [-0.15, -0.1) is 0 Å². The van der Waals surface area contributed by atoms with E-state index in [0.717, 1.165) is 53.3 Å². The van der Waals surface area contributed by atoms with Crippen LogP contribution in [0.1, 0.15) is 46.7 Å². The summed E-state index contributed by atoms with van der Waals surface area (Å²) in [7, 11) is 0. The average Bonchev–Trinajstić information content (AvgIpc) is 2.96. The number of carbonyl (C=O) groups excluding carboxylic acids is 1. The number of nitrogens with zero attached hydrogens (tertiary/aromatic N) is 3. The molecule has 1 aliphatic heterocycles. The molecule has 2 aliphatic rings. The van der Waals surface area contributed by atoms with Crippen molar-refractivity contribution < 1.29 is 4.79 Å². The van der Waals surface area contributed by atoms with E-state index in [0.29, 0.717) is 12.3 Å². The molecule has 1 aliphatic carbocycles. The van der Waals surface area contributed by atoms with E-state index in [1.165, 1.54) is 5.56 Å². The Morgan fingerprint density at radius 1 is 1.00 bits per heavy atom. The second-order valence-electron chi connectivity index (χ2n) is 8.31. The van der Waals surface area contributed by atoms with Crippen LogP contribution in [0.5, 0.6) is 0 Å². The quantitative estimate of drug-likeness (QED) is 0.572. The molecule has 5 rings (SSSR count). The molecule has 1 atom stereocenters. The van der Waals surface area contributed by atoms with Gasteiger partial charge in [0.2, 0.25) is 5.91 Å². The van der Waals surface area contributed by atoms with Gasteiger partial charge in [-0.2, -0.15) is 0 Å². The zero-order valence-electron chi connectivity index (χ0n) is 17.2. The fourth-order valence-corrected chi connectivity index (χ4v) is 5.06. The van der Waals surface area contributed by atoms with Crippen LogP contribution < -0.4 is 0 Å². The number of likely N-dealkylation sites (tertiary alicyclic amines) is 1. The molecule has 1 fully saturated rings. The first-order valence-electron chi connectivity index (χ1n) is 10.8. The van der Waals surface area contributed by atoms with Gasteiger partial charge in [0.05, 0.1) is 12.1 Å². The Hall–Kier alpha value is -2.98. The van der Waals surface area contributed by atoms with Gasteiger partial charge in [0.1, 0.15) is 0 Å². The molecule has 3 heterocycles. The molecule has 1 saturated heterocycles. The molecule has 1 unspecified atom stereocenters. The number of rotatable bonds is 3. The predicted octanol–water partition coefficient (Wildman–Crippen LogP) is 5.23. The first-order chi connectivity index (χ1) is 15.2. The van der Waals surface area contributed by atoms with Crippen molar-refractivity contribution in [3.8, 4) is 0 Å². The number of piperidine rings is 1. The van der Waals surface area contributed by atoms with Gasteiger partial charge in [-0.1, -0.05) is 35.9 Å². The van der Waals surface area contributed by atoms with Crippen molar-refractivity contribution in [2.45, 2.75) is 25.2 Å². The van der Waals surface area contributed by atoms with Gasteiger partial charge in [0.15, 0.2) is 0 Å². The van der Waals surface area contributed by atoms with Gasteiger partial charge >= 0.3 is 0 Å². The first-order valence-corrected chi connectivity index (χ1v) is 11.2. The highest BCUT2D eigenvalue weighted by molar-refractivity contribution is 6.30. The molecule has 31 heavy (non-hydrogen) atoms. The molecule has 2 aromatic heterocycles. The second kappa shape index (κ2) is 8.64. The summed E-state index contributed by atoms with van der Waals surface area (Å²) >= 11 is 6.30. The topological polar surface area (TPSA) is 46.1 Å². The number of benzene rings is 1. The predicted molar refractivity (Wildman–Crippen MR) is 124 cm³/mol. The van der Waals surface area contributed by atoms with Crippen LogP contribution in [0.3, 0.4) is 0 Å². The van der Waals surface area contributed by atoms with Crippen LogP contribution in [-0.2, 0) is 11.2 Å². The Balaban J connectivity index is 1.37. The molecular formula is C26H24ClN3O. The molecule has 156 valence electrons. The van der Waals surface area contributed by atoms with Gasteiger partial charge in [-0.25, -0.2) is 0 Å². The number of pyridine rings is 2. The average molecular weight is 430 g/mol. The Kier molecular flexibility index (Phi) is 5.56.